The van der Waals surface area contributed by atoms with E-state index in [9.17, 15) is 14.4 Å². The number of carbonyl (C=O) groups is 3. The van der Waals surface area contributed by atoms with E-state index in [-0.39, 0.29) is 5.91 Å². The van der Waals surface area contributed by atoms with E-state index in [1.807, 2.05) is 0 Å². The van der Waals surface area contributed by atoms with Gasteiger partial charge in [0.1, 0.15) is 5.75 Å². The number of rotatable bonds is 5. The minimum Gasteiger partial charge on any atom is -0.496 e. The summed E-state index contributed by atoms with van der Waals surface area (Å²) in [7, 11) is 1.55. The molecule has 2 rings (SSSR count). The Morgan fingerprint density at radius 2 is 1.54 bits per heavy atom. The summed E-state index contributed by atoms with van der Waals surface area (Å²) >= 11 is 2.06. The number of carbonyl (C=O) groups excluding carboxylic acids is 3. The third-order valence-electron chi connectivity index (χ3n) is 3.46. The monoisotopic (exact) mass is 467 g/mol. The van der Waals surface area contributed by atoms with E-state index in [4.69, 9.17) is 4.74 Å². The van der Waals surface area contributed by atoms with Gasteiger partial charge in [-0.2, -0.15) is 0 Å². The lowest BCUT2D eigenvalue weighted by molar-refractivity contribution is -0.115. The summed E-state index contributed by atoms with van der Waals surface area (Å²) in [4.78, 5) is 35.6. The van der Waals surface area contributed by atoms with Crippen LogP contribution < -0.4 is 20.9 Å². The molecule has 0 aliphatic rings. The summed E-state index contributed by atoms with van der Waals surface area (Å²) < 4.78 is 5.93. The molecule has 2 aromatic carbocycles. The third-order valence-corrected chi connectivity index (χ3v) is 4.30. The molecule has 0 unspecified atom stereocenters. The van der Waals surface area contributed by atoms with E-state index >= 15 is 0 Å². The third kappa shape index (κ3) is 5.19. The molecule has 0 bridgehead atoms. The maximum atomic E-state index is 12.1. The van der Waals surface area contributed by atoms with Gasteiger partial charge >= 0.3 is 0 Å². The standard InChI is InChI=1S/C18H18IN3O4/c1-3-16(23)20-13-7-4-11(5-8-13)17(24)21-22-18(25)12-6-9-15(26-2)14(19)10-12/h4-10H,3H2,1-2H3,(H,20,23)(H,21,24)(H,22,25). The van der Waals surface area contributed by atoms with Gasteiger partial charge < -0.3 is 10.1 Å². The van der Waals surface area contributed by atoms with Gasteiger partial charge in [0.2, 0.25) is 5.91 Å². The van der Waals surface area contributed by atoms with Crippen LogP contribution in [0.15, 0.2) is 42.5 Å². The highest BCUT2D eigenvalue weighted by Crippen LogP contribution is 2.21. The van der Waals surface area contributed by atoms with Gasteiger partial charge in [-0.25, -0.2) is 0 Å². The summed E-state index contributed by atoms with van der Waals surface area (Å²) in [6.45, 7) is 1.75. The van der Waals surface area contributed by atoms with Crippen molar-refractivity contribution in [3.8, 4) is 5.75 Å². The lowest BCUT2D eigenvalue weighted by atomic mass is 10.2. The van der Waals surface area contributed by atoms with Crippen molar-refractivity contribution in [1.82, 2.24) is 10.9 Å². The van der Waals surface area contributed by atoms with Crippen LogP contribution in [0, 0.1) is 3.57 Å². The fourth-order valence-electron chi connectivity index (χ4n) is 2.02. The maximum Gasteiger partial charge on any atom is 0.269 e. The van der Waals surface area contributed by atoms with Crippen molar-refractivity contribution in [2.75, 3.05) is 12.4 Å². The number of benzene rings is 2. The second kappa shape index (κ2) is 9.18. The van der Waals surface area contributed by atoms with Gasteiger partial charge in [-0.1, -0.05) is 6.92 Å². The molecule has 0 heterocycles. The SMILES string of the molecule is CCC(=O)Nc1ccc(C(=O)NNC(=O)c2ccc(OC)c(I)c2)cc1. The predicted molar refractivity (Wildman–Crippen MR) is 106 cm³/mol. The second-order valence-electron chi connectivity index (χ2n) is 5.24. The van der Waals surface area contributed by atoms with Crippen LogP contribution in [-0.2, 0) is 4.79 Å². The zero-order valence-electron chi connectivity index (χ0n) is 14.3. The molecule has 3 amide bonds. The van der Waals surface area contributed by atoms with Gasteiger partial charge in [0.25, 0.3) is 11.8 Å². The molecule has 7 nitrogen and oxygen atoms in total. The Bertz CT molecular complexity index is 822. The maximum absolute atomic E-state index is 12.1. The molecule has 8 heteroatoms. The molecule has 0 saturated carbocycles. The molecule has 0 fully saturated rings. The van der Waals surface area contributed by atoms with Crippen molar-refractivity contribution < 1.29 is 19.1 Å². The second-order valence-corrected chi connectivity index (χ2v) is 6.40. The highest BCUT2D eigenvalue weighted by atomic mass is 127. The summed E-state index contributed by atoms with van der Waals surface area (Å²) in [5, 5.41) is 2.69. The lowest BCUT2D eigenvalue weighted by Gasteiger charge is -2.09. The van der Waals surface area contributed by atoms with Gasteiger partial charge in [-0.3, -0.25) is 25.2 Å². The normalized spacial score (nSPS) is 9.96. The molecule has 0 aliphatic heterocycles. The predicted octanol–water partition coefficient (Wildman–Crippen LogP) is 2.72. The van der Waals surface area contributed by atoms with Gasteiger partial charge in [-0.05, 0) is 65.1 Å². The van der Waals surface area contributed by atoms with Crippen LogP contribution in [-0.4, -0.2) is 24.8 Å². The largest absolute Gasteiger partial charge is 0.496 e. The average Bonchev–Trinajstić information content (AvgIpc) is 2.66. The van der Waals surface area contributed by atoms with Crippen LogP contribution in [0.4, 0.5) is 5.69 Å². The number of hydrogen-bond donors (Lipinski definition) is 3. The number of methoxy groups -OCH3 is 1. The number of anilines is 1. The molecule has 0 spiro atoms. The Balaban J connectivity index is 1.94. The molecular formula is C18H18IN3O4. The van der Waals surface area contributed by atoms with Crippen molar-refractivity contribution in [2.45, 2.75) is 13.3 Å². The quantitative estimate of drug-likeness (QED) is 0.466. The lowest BCUT2D eigenvalue weighted by Crippen LogP contribution is -2.41. The molecule has 136 valence electrons. The molecule has 0 saturated heterocycles. The highest BCUT2D eigenvalue weighted by molar-refractivity contribution is 14.1. The number of ether oxygens (including phenoxy) is 1. The van der Waals surface area contributed by atoms with E-state index in [1.54, 1.807) is 56.5 Å². The molecular weight excluding hydrogens is 449 g/mol. The van der Waals surface area contributed by atoms with E-state index in [0.29, 0.717) is 29.0 Å². The average molecular weight is 467 g/mol. The molecule has 26 heavy (non-hydrogen) atoms. The minimum absolute atomic E-state index is 0.108. The Kier molecular flexibility index (Phi) is 6.96. The Morgan fingerprint density at radius 3 is 2.08 bits per heavy atom. The molecule has 0 aromatic heterocycles. The number of hydrazine groups is 1. The minimum atomic E-state index is -0.463. The Hall–Kier alpha value is -2.62. The van der Waals surface area contributed by atoms with Crippen LogP contribution in [0.1, 0.15) is 34.1 Å². The highest BCUT2D eigenvalue weighted by Gasteiger charge is 2.11. The fraction of sp³-hybridized carbons (Fsp3) is 0.167. The van der Waals surface area contributed by atoms with E-state index < -0.39 is 11.8 Å². The molecule has 0 radical (unpaired) electrons. The first-order valence-corrected chi connectivity index (χ1v) is 8.86. The van der Waals surface area contributed by atoms with Crippen molar-refractivity contribution in [1.29, 1.82) is 0 Å². The van der Waals surface area contributed by atoms with E-state index in [1.165, 1.54) is 0 Å². The molecule has 2 aromatic rings. The van der Waals surface area contributed by atoms with E-state index in [0.717, 1.165) is 3.57 Å². The zero-order chi connectivity index (χ0) is 19.1. The van der Waals surface area contributed by atoms with Gasteiger partial charge in [0.05, 0.1) is 10.7 Å². The summed E-state index contributed by atoms with van der Waals surface area (Å²) in [6, 6.07) is 11.3. The van der Waals surface area contributed by atoms with E-state index in [2.05, 4.69) is 38.8 Å². The van der Waals surface area contributed by atoms with Gasteiger partial charge in [0.15, 0.2) is 0 Å². The molecule has 0 atom stereocenters. The Morgan fingerprint density at radius 1 is 0.962 bits per heavy atom. The van der Waals surface area contributed by atoms with Crippen molar-refractivity contribution in [3.63, 3.8) is 0 Å². The fourth-order valence-corrected chi connectivity index (χ4v) is 2.76. The number of amides is 3. The summed E-state index contributed by atoms with van der Waals surface area (Å²) in [5.74, 6) is -0.342. The smallest absolute Gasteiger partial charge is 0.269 e. The van der Waals surface area contributed by atoms with Crippen LogP contribution in [0.2, 0.25) is 0 Å². The summed E-state index contributed by atoms with van der Waals surface area (Å²) in [5.41, 5.74) is 6.07. The van der Waals surface area contributed by atoms with Crippen LogP contribution in [0.25, 0.3) is 0 Å². The molecule has 3 N–H and O–H groups in total. The first-order chi connectivity index (χ1) is 12.4. The first-order valence-electron chi connectivity index (χ1n) is 7.78. The number of hydrogen-bond acceptors (Lipinski definition) is 4. The van der Waals surface area contributed by atoms with Crippen LogP contribution in [0.3, 0.4) is 0 Å². The number of nitrogens with one attached hydrogen (secondary N) is 3. The van der Waals surface area contributed by atoms with Crippen molar-refractivity contribution in [2.24, 2.45) is 0 Å². The van der Waals surface area contributed by atoms with Gasteiger partial charge in [0, 0.05) is 23.2 Å². The van der Waals surface area contributed by atoms with Crippen LogP contribution >= 0.6 is 22.6 Å². The molecule has 0 aliphatic carbocycles. The first kappa shape index (κ1) is 19.7. The van der Waals surface area contributed by atoms with Crippen LogP contribution in [0.5, 0.6) is 5.75 Å². The Labute approximate surface area is 164 Å². The van der Waals surface area contributed by atoms with Crippen molar-refractivity contribution in [3.05, 3.63) is 57.2 Å². The topological polar surface area (TPSA) is 96.5 Å². The van der Waals surface area contributed by atoms with Gasteiger partial charge in [-0.15, -0.1) is 0 Å². The number of halogens is 1. The zero-order valence-corrected chi connectivity index (χ0v) is 16.4. The van der Waals surface area contributed by atoms with Crippen molar-refractivity contribution >= 4 is 46.0 Å². The summed E-state index contributed by atoms with van der Waals surface area (Å²) in [6.07, 6.45) is 0.374.